The number of fused-ring (bicyclic) bond motifs is 2. The molecule has 0 bridgehead atoms. The minimum Gasteiger partial charge on any atom is -0.496 e. The molecule has 1 aliphatic rings. The van der Waals surface area contributed by atoms with Gasteiger partial charge in [0.15, 0.2) is 0 Å². The Hall–Kier alpha value is -3.10. The van der Waals surface area contributed by atoms with E-state index in [-0.39, 0.29) is 24.7 Å². The number of halogens is 2. The summed E-state index contributed by atoms with van der Waals surface area (Å²) in [6.45, 7) is 2.01. The summed E-state index contributed by atoms with van der Waals surface area (Å²) in [5.41, 5.74) is 1.77. The number of piperazine rings is 1. The van der Waals surface area contributed by atoms with Gasteiger partial charge in [0.1, 0.15) is 11.5 Å². The lowest BCUT2D eigenvalue weighted by molar-refractivity contribution is -0.138. The number of amides is 2. The van der Waals surface area contributed by atoms with Gasteiger partial charge >= 0.3 is 0 Å². The molecule has 1 fully saturated rings. The highest BCUT2D eigenvalue weighted by Crippen LogP contribution is 2.32. The normalized spacial score (nSPS) is 13.7. The van der Waals surface area contributed by atoms with Crippen LogP contribution >= 0.6 is 31.9 Å². The summed E-state index contributed by atoms with van der Waals surface area (Å²) in [5, 5.41) is 4.11. The zero-order valence-corrected chi connectivity index (χ0v) is 24.5. The number of hydrogen-bond donors (Lipinski definition) is 0. The summed E-state index contributed by atoms with van der Waals surface area (Å²) in [6.07, 6.45) is 0.498. The molecule has 0 aromatic heterocycles. The Morgan fingerprint density at radius 3 is 1.42 bits per heavy atom. The second kappa shape index (κ2) is 11.3. The SMILES string of the molecule is COc1ccc2cc(Br)ccc2c1CC(=O)N1CCN(C(=O)Cc2c(OC)ccc3cc(Br)ccc23)CC1. The molecular formula is C30H28Br2N2O4. The standard InChI is InChI=1S/C30H28Br2N2O4/c1-37-27-9-3-19-15-21(31)5-7-23(19)25(27)17-29(35)33-11-13-34(14-12-33)30(36)18-26-24-8-6-22(32)16-20(24)4-10-28(26)38-2/h3-10,15-16H,11-14,17-18H2,1-2H3. The first-order valence-electron chi connectivity index (χ1n) is 12.4. The number of carbonyl (C=O) groups excluding carboxylic acids is 2. The lowest BCUT2D eigenvalue weighted by Crippen LogP contribution is -2.51. The second-order valence-electron chi connectivity index (χ2n) is 9.34. The Morgan fingerprint density at radius 2 is 1.05 bits per heavy atom. The quantitative estimate of drug-likeness (QED) is 0.260. The minimum absolute atomic E-state index is 0.0344. The number of carbonyl (C=O) groups is 2. The van der Waals surface area contributed by atoms with Crippen molar-refractivity contribution in [1.29, 1.82) is 0 Å². The molecule has 4 aromatic rings. The van der Waals surface area contributed by atoms with Gasteiger partial charge in [0.05, 0.1) is 27.1 Å². The van der Waals surface area contributed by atoms with E-state index in [1.54, 1.807) is 14.2 Å². The van der Waals surface area contributed by atoms with Crippen molar-refractivity contribution in [3.8, 4) is 11.5 Å². The van der Waals surface area contributed by atoms with Gasteiger partial charge in [0.25, 0.3) is 0 Å². The van der Waals surface area contributed by atoms with E-state index in [9.17, 15) is 9.59 Å². The van der Waals surface area contributed by atoms with Gasteiger partial charge in [0, 0.05) is 46.3 Å². The molecule has 38 heavy (non-hydrogen) atoms. The van der Waals surface area contributed by atoms with Gasteiger partial charge in [0.2, 0.25) is 11.8 Å². The van der Waals surface area contributed by atoms with Crippen molar-refractivity contribution in [2.24, 2.45) is 0 Å². The summed E-state index contributed by atoms with van der Waals surface area (Å²) < 4.78 is 13.1. The topological polar surface area (TPSA) is 59.1 Å². The summed E-state index contributed by atoms with van der Waals surface area (Å²) in [6, 6.07) is 19.9. The predicted molar refractivity (Wildman–Crippen MR) is 157 cm³/mol. The number of nitrogens with zero attached hydrogens (tertiary/aromatic N) is 2. The zero-order valence-electron chi connectivity index (χ0n) is 21.3. The van der Waals surface area contributed by atoms with Gasteiger partial charge in [-0.25, -0.2) is 0 Å². The van der Waals surface area contributed by atoms with Gasteiger partial charge < -0.3 is 19.3 Å². The van der Waals surface area contributed by atoms with E-state index in [0.29, 0.717) is 37.7 Å². The third kappa shape index (κ3) is 5.38. The number of ether oxygens (including phenoxy) is 2. The smallest absolute Gasteiger partial charge is 0.227 e. The molecule has 1 heterocycles. The fraction of sp³-hybridized carbons (Fsp3) is 0.267. The van der Waals surface area contributed by atoms with Crippen LogP contribution in [0.2, 0.25) is 0 Å². The van der Waals surface area contributed by atoms with Crippen LogP contribution in [0.25, 0.3) is 21.5 Å². The Kier molecular flexibility index (Phi) is 7.91. The molecule has 2 amide bonds. The molecule has 4 aromatic carbocycles. The zero-order chi connectivity index (χ0) is 26.8. The first-order chi connectivity index (χ1) is 18.4. The maximum absolute atomic E-state index is 13.3. The fourth-order valence-corrected chi connectivity index (χ4v) is 5.93. The highest BCUT2D eigenvalue weighted by atomic mass is 79.9. The molecule has 0 aliphatic carbocycles. The highest BCUT2D eigenvalue weighted by Gasteiger charge is 2.26. The Bertz CT molecular complexity index is 1420. The molecule has 196 valence electrons. The number of methoxy groups -OCH3 is 2. The monoisotopic (exact) mass is 638 g/mol. The highest BCUT2D eigenvalue weighted by molar-refractivity contribution is 9.10. The molecule has 0 spiro atoms. The maximum Gasteiger partial charge on any atom is 0.227 e. The van der Waals surface area contributed by atoms with E-state index >= 15 is 0 Å². The van der Waals surface area contributed by atoms with Gasteiger partial charge in [-0.05, 0) is 57.9 Å². The van der Waals surface area contributed by atoms with Gasteiger partial charge in [-0.3, -0.25) is 9.59 Å². The van der Waals surface area contributed by atoms with Crippen molar-refractivity contribution in [1.82, 2.24) is 9.80 Å². The largest absolute Gasteiger partial charge is 0.496 e. The average Bonchev–Trinajstić information content (AvgIpc) is 2.93. The van der Waals surface area contributed by atoms with E-state index in [2.05, 4.69) is 31.9 Å². The third-order valence-electron chi connectivity index (χ3n) is 7.18. The third-order valence-corrected chi connectivity index (χ3v) is 8.17. The Labute approximate surface area is 238 Å². The molecule has 0 saturated carbocycles. The lowest BCUT2D eigenvalue weighted by atomic mass is 10.00. The van der Waals surface area contributed by atoms with Crippen LogP contribution in [0.5, 0.6) is 11.5 Å². The number of benzene rings is 4. The average molecular weight is 640 g/mol. The second-order valence-corrected chi connectivity index (χ2v) is 11.2. The van der Waals surface area contributed by atoms with E-state index in [1.807, 2.05) is 70.5 Å². The summed E-state index contributed by atoms with van der Waals surface area (Å²) in [5.74, 6) is 1.48. The lowest BCUT2D eigenvalue weighted by Gasteiger charge is -2.35. The van der Waals surface area contributed by atoms with Crippen molar-refractivity contribution in [2.45, 2.75) is 12.8 Å². The molecule has 0 unspecified atom stereocenters. The van der Waals surface area contributed by atoms with Crippen LogP contribution < -0.4 is 9.47 Å². The van der Waals surface area contributed by atoms with Crippen LogP contribution in [0.1, 0.15) is 11.1 Å². The molecule has 5 rings (SSSR count). The molecule has 8 heteroatoms. The fourth-order valence-electron chi connectivity index (χ4n) is 5.17. The van der Waals surface area contributed by atoms with E-state index in [0.717, 1.165) is 41.6 Å². The van der Waals surface area contributed by atoms with Crippen LogP contribution in [0, 0.1) is 0 Å². The van der Waals surface area contributed by atoms with Crippen molar-refractivity contribution in [3.63, 3.8) is 0 Å². The molecular weight excluding hydrogens is 612 g/mol. The van der Waals surface area contributed by atoms with Crippen LogP contribution in [0.15, 0.2) is 69.6 Å². The van der Waals surface area contributed by atoms with Gasteiger partial charge in [-0.1, -0.05) is 56.1 Å². The Balaban J connectivity index is 1.27. The molecule has 0 N–H and O–H groups in total. The van der Waals surface area contributed by atoms with Crippen molar-refractivity contribution in [2.75, 3.05) is 40.4 Å². The van der Waals surface area contributed by atoms with Crippen molar-refractivity contribution in [3.05, 3.63) is 80.7 Å². The van der Waals surface area contributed by atoms with E-state index in [1.165, 1.54) is 0 Å². The Morgan fingerprint density at radius 1 is 0.658 bits per heavy atom. The number of rotatable bonds is 6. The summed E-state index contributed by atoms with van der Waals surface area (Å²) in [7, 11) is 3.25. The maximum atomic E-state index is 13.3. The molecule has 6 nitrogen and oxygen atoms in total. The predicted octanol–water partition coefficient (Wildman–Crippen LogP) is 5.99. The van der Waals surface area contributed by atoms with Crippen molar-refractivity contribution >= 4 is 65.2 Å². The molecule has 1 aliphatic heterocycles. The van der Waals surface area contributed by atoms with Crippen LogP contribution in [0.3, 0.4) is 0 Å². The van der Waals surface area contributed by atoms with E-state index in [4.69, 9.17) is 9.47 Å². The molecule has 1 saturated heterocycles. The first kappa shape index (κ1) is 26.5. The molecule has 0 radical (unpaired) electrons. The van der Waals surface area contributed by atoms with Gasteiger partial charge in [-0.2, -0.15) is 0 Å². The van der Waals surface area contributed by atoms with Gasteiger partial charge in [-0.15, -0.1) is 0 Å². The first-order valence-corrected chi connectivity index (χ1v) is 14.0. The number of hydrogen-bond acceptors (Lipinski definition) is 4. The minimum atomic E-state index is 0.0344. The van der Waals surface area contributed by atoms with Crippen LogP contribution in [-0.4, -0.2) is 62.0 Å². The van der Waals surface area contributed by atoms with Crippen LogP contribution in [-0.2, 0) is 22.4 Å². The van der Waals surface area contributed by atoms with Crippen molar-refractivity contribution < 1.29 is 19.1 Å². The summed E-state index contributed by atoms with van der Waals surface area (Å²) >= 11 is 7.04. The molecule has 0 atom stereocenters. The van der Waals surface area contributed by atoms with Crippen LogP contribution in [0.4, 0.5) is 0 Å². The summed E-state index contributed by atoms with van der Waals surface area (Å²) in [4.78, 5) is 30.3. The van der Waals surface area contributed by atoms with E-state index < -0.39 is 0 Å².